The lowest BCUT2D eigenvalue weighted by molar-refractivity contribution is -0.117. The number of benzene rings is 2. The van der Waals surface area contributed by atoms with Gasteiger partial charge in [-0.3, -0.25) is 9.69 Å². The maximum Gasteiger partial charge on any atom is 0.238 e. The lowest BCUT2D eigenvalue weighted by Crippen LogP contribution is -2.48. The van der Waals surface area contributed by atoms with E-state index in [1.807, 2.05) is 24.3 Å². The standard InChI is InChI=1S/C21H27N3O2/c1-16-6-5-7-18(14-16)24-12-10-23(11-13-24)15-21(26)22-20-9-4-3-8-19(20)17(2)25/h3-9,14,17,25H,10-13,15H2,1-2H3,(H,22,26)/t17-/m1/s1. The highest BCUT2D eigenvalue weighted by atomic mass is 16.3. The van der Waals surface area contributed by atoms with Gasteiger partial charge in [-0.2, -0.15) is 0 Å². The quantitative estimate of drug-likeness (QED) is 0.868. The molecule has 1 saturated heterocycles. The minimum Gasteiger partial charge on any atom is -0.389 e. The van der Waals surface area contributed by atoms with Gasteiger partial charge in [-0.25, -0.2) is 0 Å². The Hall–Kier alpha value is -2.37. The molecule has 1 amide bonds. The second-order valence-corrected chi connectivity index (χ2v) is 6.91. The Kier molecular flexibility index (Phi) is 5.91. The molecule has 2 aromatic rings. The number of carbonyl (C=O) groups is 1. The van der Waals surface area contributed by atoms with Crippen molar-refractivity contribution in [2.45, 2.75) is 20.0 Å². The highest BCUT2D eigenvalue weighted by Crippen LogP contribution is 2.22. The molecule has 5 heteroatoms. The Morgan fingerprint density at radius 2 is 1.85 bits per heavy atom. The van der Waals surface area contributed by atoms with Crippen molar-refractivity contribution in [3.63, 3.8) is 0 Å². The molecule has 5 nitrogen and oxygen atoms in total. The minimum absolute atomic E-state index is 0.0397. The molecular weight excluding hydrogens is 326 g/mol. The van der Waals surface area contributed by atoms with Gasteiger partial charge in [-0.15, -0.1) is 0 Å². The van der Waals surface area contributed by atoms with Crippen molar-refractivity contribution in [2.24, 2.45) is 0 Å². The number of aryl methyl sites for hydroxylation is 1. The largest absolute Gasteiger partial charge is 0.389 e. The first kappa shape index (κ1) is 18.4. The first-order valence-electron chi connectivity index (χ1n) is 9.14. The van der Waals surface area contributed by atoms with Crippen LogP contribution in [0.5, 0.6) is 0 Å². The van der Waals surface area contributed by atoms with E-state index in [4.69, 9.17) is 0 Å². The van der Waals surface area contributed by atoms with E-state index in [1.54, 1.807) is 6.92 Å². The van der Waals surface area contributed by atoms with Gasteiger partial charge >= 0.3 is 0 Å². The van der Waals surface area contributed by atoms with Gasteiger partial charge in [0.1, 0.15) is 0 Å². The summed E-state index contributed by atoms with van der Waals surface area (Å²) in [5.74, 6) is -0.0397. The molecule has 3 rings (SSSR count). The van der Waals surface area contributed by atoms with Crippen molar-refractivity contribution < 1.29 is 9.90 Å². The van der Waals surface area contributed by atoms with Crippen LogP contribution in [0.4, 0.5) is 11.4 Å². The van der Waals surface area contributed by atoms with E-state index in [0.29, 0.717) is 12.2 Å². The zero-order valence-corrected chi connectivity index (χ0v) is 15.5. The van der Waals surface area contributed by atoms with Crippen molar-refractivity contribution in [1.29, 1.82) is 0 Å². The highest BCUT2D eigenvalue weighted by Gasteiger charge is 2.20. The van der Waals surface area contributed by atoms with Crippen LogP contribution in [0.1, 0.15) is 24.2 Å². The number of nitrogens with zero attached hydrogens (tertiary/aromatic N) is 2. The number of hydrogen-bond acceptors (Lipinski definition) is 4. The molecule has 1 aliphatic rings. The third-order valence-corrected chi connectivity index (χ3v) is 4.79. The summed E-state index contributed by atoms with van der Waals surface area (Å²) in [6, 6.07) is 15.9. The van der Waals surface area contributed by atoms with Crippen LogP contribution in [0.15, 0.2) is 48.5 Å². The van der Waals surface area contributed by atoms with E-state index >= 15 is 0 Å². The van der Waals surface area contributed by atoms with Crippen molar-refractivity contribution in [1.82, 2.24) is 4.90 Å². The fourth-order valence-electron chi connectivity index (χ4n) is 3.36. The Balaban J connectivity index is 1.52. The molecule has 0 aliphatic carbocycles. The summed E-state index contributed by atoms with van der Waals surface area (Å²) in [7, 11) is 0. The number of nitrogens with one attached hydrogen (secondary N) is 1. The van der Waals surface area contributed by atoms with Gasteiger partial charge in [-0.1, -0.05) is 30.3 Å². The molecule has 1 atom stereocenters. The van der Waals surface area contributed by atoms with E-state index in [1.165, 1.54) is 11.3 Å². The SMILES string of the molecule is Cc1cccc(N2CCN(CC(=O)Nc3ccccc3[C@@H](C)O)CC2)c1. The third kappa shape index (κ3) is 4.62. The zero-order valence-electron chi connectivity index (χ0n) is 15.5. The van der Waals surface area contributed by atoms with E-state index in [-0.39, 0.29) is 5.91 Å². The topological polar surface area (TPSA) is 55.8 Å². The predicted molar refractivity (Wildman–Crippen MR) is 106 cm³/mol. The molecule has 0 aromatic heterocycles. The highest BCUT2D eigenvalue weighted by molar-refractivity contribution is 5.93. The molecule has 1 heterocycles. The second kappa shape index (κ2) is 8.34. The zero-order chi connectivity index (χ0) is 18.5. The number of hydrogen-bond donors (Lipinski definition) is 2. The minimum atomic E-state index is -0.607. The average Bonchev–Trinajstić information content (AvgIpc) is 2.62. The van der Waals surface area contributed by atoms with Crippen LogP contribution >= 0.6 is 0 Å². The van der Waals surface area contributed by atoms with E-state index < -0.39 is 6.10 Å². The van der Waals surface area contributed by atoms with Crippen LogP contribution in [0.2, 0.25) is 0 Å². The third-order valence-electron chi connectivity index (χ3n) is 4.79. The predicted octanol–water partition coefficient (Wildman–Crippen LogP) is 2.81. The molecule has 0 saturated carbocycles. The monoisotopic (exact) mass is 353 g/mol. The van der Waals surface area contributed by atoms with Gasteiger partial charge in [0.25, 0.3) is 0 Å². The number of aliphatic hydroxyl groups is 1. The number of amides is 1. The first-order chi connectivity index (χ1) is 12.5. The molecule has 0 bridgehead atoms. The summed E-state index contributed by atoms with van der Waals surface area (Å²) in [5.41, 5.74) is 3.94. The molecule has 2 aromatic carbocycles. The molecule has 1 fully saturated rings. The number of piperazine rings is 1. The Labute approximate surface area is 155 Å². The fraction of sp³-hybridized carbons (Fsp3) is 0.381. The van der Waals surface area contributed by atoms with Gasteiger partial charge in [0.15, 0.2) is 0 Å². The van der Waals surface area contributed by atoms with Gasteiger partial charge in [0.05, 0.1) is 12.6 Å². The fourth-order valence-corrected chi connectivity index (χ4v) is 3.36. The Morgan fingerprint density at radius 1 is 1.12 bits per heavy atom. The molecule has 138 valence electrons. The van der Waals surface area contributed by atoms with Crippen molar-refractivity contribution in [2.75, 3.05) is 42.9 Å². The van der Waals surface area contributed by atoms with Crippen molar-refractivity contribution >= 4 is 17.3 Å². The maximum absolute atomic E-state index is 12.4. The van der Waals surface area contributed by atoms with Gasteiger partial charge in [-0.05, 0) is 37.6 Å². The summed E-state index contributed by atoms with van der Waals surface area (Å²) >= 11 is 0. The van der Waals surface area contributed by atoms with Gasteiger partial charge in [0.2, 0.25) is 5.91 Å². The number of para-hydroxylation sites is 1. The van der Waals surface area contributed by atoms with Gasteiger partial charge < -0.3 is 15.3 Å². The summed E-state index contributed by atoms with van der Waals surface area (Å²) in [6.45, 7) is 7.74. The summed E-state index contributed by atoms with van der Waals surface area (Å²) in [6.07, 6.45) is -0.607. The molecule has 0 unspecified atom stereocenters. The lowest BCUT2D eigenvalue weighted by atomic mass is 10.1. The molecule has 26 heavy (non-hydrogen) atoms. The number of aliphatic hydroxyl groups excluding tert-OH is 1. The van der Waals surface area contributed by atoms with Crippen molar-refractivity contribution in [3.05, 3.63) is 59.7 Å². The second-order valence-electron chi connectivity index (χ2n) is 6.91. The Bertz CT molecular complexity index is 752. The molecular formula is C21H27N3O2. The van der Waals surface area contributed by atoms with E-state index in [2.05, 4.69) is 46.3 Å². The first-order valence-corrected chi connectivity index (χ1v) is 9.14. The average molecular weight is 353 g/mol. The summed E-state index contributed by atoms with van der Waals surface area (Å²) in [5, 5.41) is 12.8. The van der Waals surface area contributed by atoms with Crippen LogP contribution in [-0.4, -0.2) is 48.6 Å². The van der Waals surface area contributed by atoms with Gasteiger partial charge in [0, 0.05) is 43.1 Å². The smallest absolute Gasteiger partial charge is 0.238 e. The van der Waals surface area contributed by atoms with E-state index in [0.717, 1.165) is 31.7 Å². The summed E-state index contributed by atoms with van der Waals surface area (Å²) in [4.78, 5) is 16.9. The number of rotatable bonds is 5. The summed E-state index contributed by atoms with van der Waals surface area (Å²) < 4.78 is 0. The van der Waals surface area contributed by atoms with Crippen LogP contribution in [0.25, 0.3) is 0 Å². The number of anilines is 2. The van der Waals surface area contributed by atoms with Crippen LogP contribution in [-0.2, 0) is 4.79 Å². The molecule has 2 N–H and O–H groups in total. The normalized spacial score (nSPS) is 16.3. The van der Waals surface area contributed by atoms with E-state index in [9.17, 15) is 9.90 Å². The maximum atomic E-state index is 12.4. The van der Waals surface area contributed by atoms with Crippen molar-refractivity contribution in [3.8, 4) is 0 Å². The Morgan fingerprint density at radius 3 is 2.54 bits per heavy atom. The number of carbonyl (C=O) groups excluding carboxylic acids is 1. The molecule has 0 spiro atoms. The van der Waals surface area contributed by atoms with Crippen LogP contribution in [0.3, 0.4) is 0 Å². The lowest BCUT2D eigenvalue weighted by Gasteiger charge is -2.35. The van der Waals surface area contributed by atoms with Crippen LogP contribution < -0.4 is 10.2 Å². The molecule has 1 aliphatic heterocycles. The molecule has 0 radical (unpaired) electrons. The van der Waals surface area contributed by atoms with Crippen LogP contribution in [0, 0.1) is 6.92 Å².